The maximum Gasteiger partial charge on any atom is 0.305 e. The predicted octanol–water partition coefficient (Wildman–Crippen LogP) is 2.38. The molecule has 0 aliphatic rings. The highest BCUT2D eigenvalue weighted by molar-refractivity contribution is 6.29. The molecule has 94 valence electrons. The number of aromatic amines is 1. The Morgan fingerprint density at radius 3 is 2.95 bits per heavy atom. The first-order valence-electron chi connectivity index (χ1n) is 5.46. The normalized spacial score (nSPS) is 10.8. The number of imidazole rings is 1. The van der Waals surface area contributed by atoms with Gasteiger partial charge in [0.05, 0.1) is 4.92 Å². The van der Waals surface area contributed by atoms with Crippen LogP contribution in [0.3, 0.4) is 0 Å². The summed E-state index contributed by atoms with van der Waals surface area (Å²) in [6, 6.07) is 9.82. The van der Waals surface area contributed by atoms with Gasteiger partial charge in [0.1, 0.15) is 6.20 Å². The van der Waals surface area contributed by atoms with Gasteiger partial charge >= 0.3 is 5.65 Å². The highest BCUT2D eigenvalue weighted by Crippen LogP contribution is 2.23. The summed E-state index contributed by atoms with van der Waals surface area (Å²) in [5, 5.41) is 15.3. The topological polar surface area (TPSA) is 74.6 Å². The van der Waals surface area contributed by atoms with Gasteiger partial charge in [-0.2, -0.15) is 0 Å². The van der Waals surface area contributed by atoms with E-state index in [1.807, 2.05) is 0 Å². The smallest absolute Gasteiger partial charge is 0.258 e. The van der Waals surface area contributed by atoms with E-state index in [1.54, 1.807) is 35.0 Å². The van der Waals surface area contributed by atoms with E-state index in [-0.39, 0.29) is 5.69 Å². The monoisotopic (exact) mass is 275 g/mol. The van der Waals surface area contributed by atoms with Gasteiger partial charge in [-0.3, -0.25) is 10.1 Å². The quantitative estimate of drug-likeness (QED) is 0.532. The average Bonchev–Trinajstić information content (AvgIpc) is 2.81. The lowest BCUT2D eigenvalue weighted by Gasteiger charge is -1.96. The fourth-order valence-electron chi connectivity index (χ4n) is 1.88. The van der Waals surface area contributed by atoms with Gasteiger partial charge in [0.2, 0.25) is 5.69 Å². The molecule has 1 N–H and O–H groups in total. The molecule has 0 radical (unpaired) electrons. The number of fused-ring (bicyclic) bond motifs is 1. The first-order valence-corrected chi connectivity index (χ1v) is 5.84. The predicted molar refractivity (Wildman–Crippen MR) is 68.8 cm³/mol. The lowest BCUT2D eigenvalue weighted by Crippen LogP contribution is -1.99. The third-order valence-electron chi connectivity index (χ3n) is 2.74. The van der Waals surface area contributed by atoms with Crippen molar-refractivity contribution >= 4 is 22.9 Å². The molecular weight excluding hydrogens is 268 g/mol. The number of nitro groups is 1. The molecule has 0 fully saturated rings. The maximum absolute atomic E-state index is 10.8. The number of H-pyrrole nitrogens is 1. The van der Waals surface area contributed by atoms with E-state index in [4.69, 9.17) is 11.6 Å². The lowest BCUT2D eigenvalue weighted by molar-refractivity contribution is -0.384. The number of non-ortho nitro benzene ring substituents is 1. The summed E-state index contributed by atoms with van der Waals surface area (Å²) in [7, 11) is 0. The van der Waals surface area contributed by atoms with E-state index in [1.165, 1.54) is 12.1 Å². The molecule has 2 heterocycles. The first-order chi connectivity index (χ1) is 9.15. The Kier molecular flexibility index (Phi) is 2.64. The van der Waals surface area contributed by atoms with E-state index in [0.29, 0.717) is 16.4 Å². The minimum absolute atomic E-state index is 0.0366. The lowest BCUT2D eigenvalue weighted by atomic mass is 10.1. The molecule has 3 aromatic rings. The molecule has 6 nitrogen and oxygen atoms in total. The summed E-state index contributed by atoms with van der Waals surface area (Å²) < 4.78 is 1.61. The Morgan fingerprint density at radius 1 is 1.32 bits per heavy atom. The second-order valence-electron chi connectivity index (χ2n) is 3.93. The van der Waals surface area contributed by atoms with E-state index < -0.39 is 4.92 Å². The summed E-state index contributed by atoms with van der Waals surface area (Å²) in [5.41, 5.74) is 2.20. The number of hydrogen-bond donors (Lipinski definition) is 0. The number of nitrogens with one attached hydrogen (secondary N) is 1. The Bertz CT molecular complexity index is 784. The van der Waals surface area contributed by atoms with Crippen LogP contribution in [0.25, 0.3) is 16.9 Å². The Balaban J connectivity index is 2.21. The van der Waals surface area contributed by atoms with Crippen molar-refractivity contribution in [1.82, 2.24) is 9.61 Å². The number of halogens is 1. The molecule has 0 aliphatic heterocycles. The van der Waals surface area contributed by atoms with Gasteiger partial charge in [-0.05, 0) is 12.1 Å². The van der Waals surface area contributed by atoms with E-state index in [9.17, 15) is 10.1 Å². The van der Waals surface area contributed by atoms with Gasteiger partial charge in [-0.15, -0.1) is 0 Å². The number of benzene rings is 1. The largest absolute Gasteiger partial charge is 0.305 e. The molecule has 1 aromatic carbocycles. The van der Waals surface area contributed by atoms with Crippen molar-refractivity contribution in [3.63, 3.8) is 0 Å². The molecule has 7 heteroatoms. The minimum atomic E-state index is -0.427. The Morgan fingerprint density at radius 2 is 2.16 bits per heavy atom. The van der Waals surface area contributed by atoms with Crippen LogP contribution in [-0.2, 0) is 0 Å². The van der Waals surface area contributed by atoms with Crippen LogP contribution in [0.15, 0.2) is 42.6 Å². The highest BCUT2D eigenvalue weighted by atomic mass is 35.5. The van der Waals surface area contributed by atoms with Crippen LogP contribution in [0.4, 0.5) is 5.69 Å². The van der Waals surface area contributed by atoms with Gasteiger partial charge < -0.3 is 0 Å². The summed E-state index contributed by atoms with van der Waals surface area (Å²) in [5.74, 6) is 0. The fourth-order valence-corrected chi connectivity index (χ4v) is 2.02. The minimum Gasteiger partial charge on any atom is -0.258 e. The molecule has 0 bridgehead atoms. The molecule has 19 heavy (non-hydrogen) atoms. The van der Waals surface area contributed by atoms with Crippen molar-refractivity contribution in [2.45, 2.75) is 0 Å². The molecule has 0 atom stereocenters. The SMILES string of the molecule is O=[N+]([O-])c1cccc(-c2c[nH+]c3ccc(Cl)nn23)c1. The molecule has 3 rings (SSSR count). The maximum atomic E-state index is 10.8. The van der Waals surface area contributed by atoms with Gasteiger partial charge in [0.25, 0.3) is 5.69 Å². The molecule has 0 spiro atoms. The summed E-state index contributed by atoms with van der Waals surface area (Å²) in [4.78, 5) is 13.4. The van der Waals surface area contributed by atoms with Crippen LogP contribution in [0.1, 0.15) is 0 Å². The standard InChI is InChI=1S/C12H7ClN4O2/c13-11-4-5-12-14-7-10(16(12)15-11)8-2-1-3-9(6-8)17(18)19/h1-7H/p+1. The van der Waals surface area contributed by atoms with Crippen LogP contribution in [0, 0.1) is 10.1 Å². The molecular formula is C12H8ClN4O2+. The van der Waals surface area contributed by atoms with E-state index >= 15 is 0 Å². The third-order valence-corrected chi connectivity index (χ3v) is 2.94. The Hall–Kier alpha value is -2.47. The fraction of sp³-hybridized carbons (Fsp3) is 0. The second-order valence-corrected chi connectivity index (χ2v) is 4.32. The van der Waals surface area contributed by atoms with Crippen LogP contribution < -0.4 is 4.98 Å². The zero-order valence-electron chi connectivity index (χ0n) is 9.58. The first kappa shape index (κ1) is 11.6. The molecule has 0 amide bonds. The zero-order valence-corrected chi connectivity index (χ0v) is 10.3. The van der Waals surface area contributed by atoms with Crippen LogP contribution in [0.5, 0.6) is 0 Å². The number of rotatable bonds is 2. The molecule has 0 saturated carbocycles. The highest BCUT2D eigenvalue weighted by Gasteiger charge is 2.17. The van der Waals surface area contributed by atoms with Crippen LogP contribution >= 0.6 is 11.6 Å². The van der Waals surface area contributed by atoms with E-state index in [2.05, 4.69) is 10.1 Å². The van der Waals surface area contributed by atoms with Crippen LogP contribution in [0.2, 0.25) is 5.15 Å². The number of aromatic nitrogens is 3. The number of nitrogens with zero attached hydrogens (tertiary/aromatic N) is 3. The number of hydrogen-bond acceptors (Lipinski definition) is 3. The van der Waals surface area contributed by atoms with Crippen molar-refractivity contribution in [3.05, 3.63) is 57.9 Å². The van der Waals surface area contributed by atoms with Crippen molar-refractivity contribution in [3.8, 4) is 11.3 Å². The van der Waals surface area contributed by atoms with Crippen LogP contribution in [-0.4, -0.2) is 14.5 Å². The zero-order chi connectivity index (χ0) is 13.4. The molecule has 0 unspecified atom stereocenters. The van der Waals surface area contributed by atoms with Crippen molar-refractivity contribution < 1.29 is 9.91 Å². The molecule has 0 aliphatic carbocycles. The summed E-state index contributed by atoms with van der Waals surface area (Å²) in [6.07, 6.45) is 1.73. The molecule has 0 saturated heterocycles. The average molecular weight is 276 g/mol. The third kappa shape index (κ3) is 2.02. The van der Waals surface area contributed by atoms with Gasteiger partial charge in [-0.1, -0.05) is 27.3 Å². The summed E-state index contributed by atoms with van der Waals surface area (Å²) in [6.45, 7) is 0. The van der Waals surface area contributed by atoms with Crippen molar-refractivity contribution in [1.29, 1.82) is 0 Å². The van der Waals surface area contributed by atoms with Gasteiger partial charge in [0.15, 0.2) is 5.15 Å². The van der Waals surface area contributed by atoms with Gasteiger partial charge in [0, 0.05) is 23.8 Å². The van der Waals surface area contributed by atoms with Crippen molar-refractivity contribution in [2.75, 3.05) is 0 Å². The second kappa shape index (κ2) is 4.33. The van der Waals surface area contributed by atoms with Crippen molar-refractivity contribution in [2.24, 2.45) is 0 Å². The van der Waals surface area contributed by atoms with Gasteiger partial charge in [-0.25, -0.2) is 4.98 Å². The Labute approximate surface area is 112 Å². The molecule has 2 aromatic heterocycles. The number of nitro benzene ring substituents is 1. The summed E-state index contributed by atoms with van der Waals surface area (Å²) >= 11 is 5.86. The van der Waals surface area contributed by atoms with E-state index in [0.717, 1.165) is 5.65 Å².